The number of carbonyl (C=O) groups is 1. The summed E-state index contributed by atoms with van der Waals surface area (Å²) in [6.07, 6.45) is 2.58. The van der Waals surface area contributed by atoms with Crippen LogP contribution in [0.1, 0.15) is 31.1 Å². The Bertz CT molecular complexity index is 844. The van der Waals surface area contributed by atoms with Crippen LogP contribution in [-0.2, 0) is 4.79 Å². The smallest absolute Gasteiger partial charge is 0.249 e. The second-order valence-corrected chi connectivity index (χ2v) is 6.26. The molecule has 2 unspecified atom stereocenters. The summed E-state index contributed by atoms with van der Waals surface area (Å²) in [4.78, 5) is 16.0. The van der Waals surface area contributed by atoms with Crippen LogP contribution in [0.4, 0.5) is 0 Å². The fraction of sp³-hybridized carbons (Fsp3) is 0.333. The molecule has 0 N–H and O–H groups in total. The van der Waals surface area contributed by atoms with Crippen LogP contribution in [0.2, 0.25) is 0 Å². The lowest BCUT2D eigenvalue weighted by molar-refractivity contribution is -0.133. The molecular weight excluding hydrogens is 318 g/mol. The Morgan fingerprint density at radius 3 is 2.84 bits per heavy atom. The zero-order chi connectivity index (χ0) is 17.2. The van der Waals surface area contributed by atoms with E-state index in [1.54, 1.807) is 13.2 Å². The molecule has 2 atom stereocenters. The summed E-state index contributed by atoms with van der Waals surface area (Å²) in [5, 5.41) is 12.5. The predicted octanol–water partition coefficient (Wildman–Crippen LogP) is 2.51. The molecule has 0 spiro atoms. The molecule has 2 aromatic heterocycles. The van der Waals surface area contributed by atoms with E-state index in [0.717, 1.165) is 24.3 Å². The van der Waals surface area contributed by atoms with Gasteiger partial charge >= 0.3 is 0 Å². The average molecular weight is 337 g/mol. The Morgan fingerprint density at radius 1 is 1.24 bits per heavy atom. The van der Waals surface area contributed by atoms with E-state index in [2.05, 4.69) is 15.4 Å². The number of furan rings is 1. The van der Waals surface area contributed by atoms with Crippen LogP contribution in [0, 0.1) is 0 Å². The van der Waals surface area contributed by atoms with Gasteiger partial charge in [-0.2, -0.15) is 4.80 Å². The van der Waals surface area contributed by atoms with Gasteiger partial charge in [-0.1, -0.05) is 30.3 Å². The van der Waals surface area contributed by atoms with Crippen LogP contribution in [0.5, 0.6) is 0 Å². The van der Waals surface area contributed by atoms with Crippen LogP contribution >= 0.6 is 0 Å². The van der Waals surface area contributed by atoms with Crippen molar-refractivity contribution in [1.82, 2.24) is 25.1 Å². The van der Waals surface area contributed by atoms with E-state index in [4.69, 9.17) is 4.42 Å². The standard InChI is InChI=1S/C18H19N5O2/c1-13(23-20-17(19-21-23)14-6-3-2-4-7-14)18(24)22-10-9-15(12-22)16-8-5-11-25-16/h2-8,11,13,15H,9-10,12H2,1H3. The van der Waals surface area contributed by atoms with Gasteiger partial charge in [0, 0.05) is 24.6 Å². The zero-order valence-corrected chi connectivity index (χ0v) is 13.9. The van der Waals surface area contributed by atoms with Crippen molar-refractivity contribution >= 4 is 5.91 Å². The quantitative estimate of drug-likeness (QED) is 0.731. The number of likely N-dealkylation sites (tertiary alicyclic amines) is 1. The Balaban J connectivity index is 1.45. The van der Waals surface area contributed by atoms with E-state index in [0.29, 0.717) is 12.4 Å². The van der Waals surface area contributed by atoms with E-state index in [9.17, 15) is 4.79 Å². The van der Waals surface area contributed by atoms with Gasteiger partial charge in [0.05, 0.1) is 6.26 Å². The second kappa shape index (κ2) is 6.51. The first-order chi connectivity index (χ1) is 12.2. The molecule has 7 heteroatoms. The highest BCUT2D eigenvalue weighted by atomic mass is 16.3. The molecule has 25 heavy (non-hydrogen) atoms. The van der Waals surface area contributed by atoms with Gasteiger partial charge in [-0.3, -0.25) is 4.79 Å². The van der Waals surface area contributed by atoms with Crippen LogP contribution in [0.3, 0.4) is 0 Å². The van der Waals surface area contributed by atoms with Crippen molar-refractivity contribution < 1.29 is 9.21 Å². The summed E-state index contributed by atoms with van der Waals surface area (Å²) in [7, 11) is 0. The van der Waals surface area contributed by atoms with Gasteiger partial charge in [-0.15, -0.1) is 10.2 Å². The number of amides is 1. The number of benzene rings is 1. The van der Waals surface area contributed by atoms with Crippen LogP contribution in [0.15, 0.2) is 53.1 Å². The van der Waals surface area contributed by atoms with Crippen molar-refractivity contribution in [2.75, 3.05) is 13.1 Å². The second-order valence-electron chi connectivity index (χ2n) is 6.26. The third kappa shape index (κ3) is 3.05. The van der Waals surface area contributed by atoms with Crippen molar-refractivity contribution in [3.63, 3.8) is 0 Å². The first kappa shape index (κ1) is 15.6. The number of nitrogens with zero attached hydrogens (tertiary/aromatic N) is 5. The van der Waals surface area contributed by atoms with Crippen molar-refractivity contribution in [2.45, 2.75) is 25.3 Å². The first-order valence-corrected chi connectivity index (χ1v) is 8.39. The van der Waals surface area contributed by atoms with Gasteiger partial charge in [0.15, 0.2) is 0 Å². The highest BCUT2D eigenvalue weighted by molar-refractivity contribution is 5.80. The fourth-order valence-electron chi connectivity index (χ4n) is 3.17. The lowest BCUT2D eigenvalue weighted by atomic mass is 10.1. The van der Waals surface area contributed by atoms with E-state index < -0.39 is 6.04 Å². The van der Waals surface area contributed by atoms with E-state index >= 15 is 0 Å². The number of rotatable bonds is 4. The van der Waals surface area contributed by atoms with Crippen LogP contribution in [0.25, 0.3) is 11.4 Å². The minimum absolute atomic E-state index is 0.00562. The van der Waals surface area contributed by atoms with E-state index in [1.165, 1.54) is 4.80 Å². The summed E-state index contributed by atoms with van der Waals surface area (Å²) in [5.41, 5.74) is 0.882. The molecular formula is C18H19N5O2. The molecule has 1 amide bonds. The number of hydrogen-bond donors (Lipinski definition) is 0. The molecule has 0 bridgehead atoms. The summed E-state index contributed by atoms with van der Waals surface area (Å²) in [6.45, 7) is 3.19. The van der Waals surface area contributed by atoms with Gasteiger partial charge in [0.25, 0.3) is 0 Å². The van der Waals surface area contributed by atoms with Gasteiger partial charge in [0.2, 0.25) is 11.7 Å². The molecule has 4 rings (SSSR count). The largest absolute Gasteiger partial charge is 0.469 e. The molecule has 128 valence electrons. The van der Waals surface area contributed by atoms with Crippen molar-refractivity contribution in [1.29, 1.82) is 0 Å². The Labute approximate surface area is 145 Å². The SMILES string of the molecule is CC(C(=O)N1CCC(c2ccco2)C1)n1nnc(-c2ccccc2)n1. The average Bonchev–Trinajstić information content (AvgIpc) is 3.42. The minimum Gasteiger partial charge on any atom is -0.469 e. The summed E-state index contributed by atoms with van der Waals surface area (Å²) >= 11 is 0. The minimum atomic E-state index is -0.486. The predicted molar refractivity (Wildman–Crippen MR) is 90.6 cm³/mol. The van der Waals surface area contributed by atoms with Gasteiger partial charge in [-0.25, -0.2) is 0 Å². The van der Waals surface area contributed by atoms with Gasteiger partial charge in [0.1, 0.15) is 11.8 Å². The maximum absolute atomic E-state index is 12.8. The molecule has 0 saturated carbocycles. The van der Waals surface area contributed by atoms with Gasteiger partial charge < -0.3 is 9.32 Å². The number of hydrogen-bond acceptors (Lipinski definition) is 5. The molecule has 1 aliphatic heterocycles. The van der Waals surface area contributed by atoms with Crippen molar-refractivity contribution in [3.8, 4) is 11.4 Å². The molecule has 0 aliphatic carbocycles. The van der Waals surface area contributed by atoms with Crippen LogP contribution in [-0.4, -0.2) is 44.1 Å². The zero-order valence-electron chi connectivity index (χ0n) is 13.9. The van der Waals surface area contributed by atoms with Crippen LogP contribution < -0.4 is 0 Å². The Hall–Kier alpha value is -2.96. The molecule has 3 heterocycles. The number of tetrazole rings is 1. The third-order valence-corrected chi connectivity index (χ3v) is 4.61. The molecule has 0 radical (unpaired) electrons. The summed E-state index contributed by atoms with van der Waals surface area (Å²) in [5.74, 6) is 1.73. The highest BCUT2D eigenvalue weighted by Crippen LogP contribution is 2.28. The topological polar surface area (TPSA) is 77.0 Å². The number of aromatic nitrogens is 4. The Kier molecular flexibility index (Phi) is 4.05. The lowest BCUT2D eigenvalue weighted by Crippen LogP contribution is -2.35. The highest BCUT2D eigenvalue weighted by Gasteiger charge is 2.32. The number of carbonyl (C=O) groups excluding carboxylic acids is 1. The molecule has 7 nitrogen and oxygen atoms in total. The maximum Gasteiger partial charge on any atom is 0.249 e. The fourth-order valence-corrected chi connectivity index (χ4v) is 3.17. The van der Waals surface area contributed by atoms with Gasteiger partial charge in [-0.05, 0) is 30.7 Å². The molecule has 1 aliphatic rings. The van der Waals surface area contributed by atoms with Crippen molar-refractivity contribution in [3.05, 3.63) is 54.5 Å². The van der Waals surface area contributed by atoms with Crippen molar-refractivity contribution in [2.24, 2.45) is 0 Å². The van der Waals surface area contributed by atoms with E-state index in [-0.39, 0.29) is 11.8 Å². The third-order valence-electron chi connectivity index (χ3n) is 4.61. The monoisotopic (exact) mass is 337 g/mol. The molecule has 1 saturated heterocycles. The van der Waals surface area contributed by atoms with E-state index in [1.807, 2.05) is 47.4 Å². The first-order valence-electron chi connectivity index (χ1n) is 8.39. The normalized spacial score (nSPS) is 18.4. The molecule has 1 aromatic carbocycles. The summed E-state index contributed by atoms with van der Waals surface area (Å²) in [6, 6.07) is 13.0. The molecule has 1 fully saturated rings. The lowest BCUT2D eigenvalue weighted by Gasteiger charge is -2.19. The maximum atomic E-state index is 12.8. The Morgan fingerprint density at radius 2 is 2.08 bits per heavy atom. The molecule has 3 aromatic rings. The summed E-state index contributed by atoms with van der Waals surface area (Å²) < 4.78 is 5.47.